The standard InChI is InChI=1S/C12H19NO16S2/c14-2-5-9(7(16)6(11(19)26-5)13-30(20,21)22)28-12-8(29-31(23,24)25)3(15)1-4(27-12)10(17)18/h1,3,5-9,11-16,19H,2H2,(H,17,18)(H,20,21,22)(H,23,24,25)/t3-,5+,6+,7+,8+,9?,11?,12-/m0/s1. The molecule has 0 aromatic heterocycles. The first kappa shape index (κ1) is 25.8. The molecule has 2 rings (SSSR count). The normalized spacial score (nSPS) is 37.0. The van der Waals surface area contributed by atoms with Gasteiger partial charge < -0.3 is 39.7 Å². The molecule has 19 heteroatoms. The van der Waals surface area contributed by atoms with E-state index in [1.807, 2.05) is 0 Å². The van der Waals surface area contributed by atoms with Gasteiger partial charge >= 0.3 is 26.7 Å². The Labute approximate surface area is 174 Å². The van der Waals surface area contributed by atoms with Crippen LogP contribution in [0.15, 0.2) is 11.8 Å². The number of carbonyl (C=O) groups is 1. The van der Waals surface area contributed by atoms with E-state index in [1.54, 1.807) is 0 Å². The zero-order valence-electron chi connectivity index (χ0n) is 15.0. The van der Waals surface area contributed by atoms with E-state index in [4.69, 9.17) is 28.4 Å². The molecule has 8 atom stereocenters. The number of aliphatic carboxylic acids is 1. The molecule has 2 heterocycles. The average Bonchev–Trinajstić information content (AvgIpc) is 2.61. The van der Waals surface area contributed by atoms with Gasteiger partial charge in [-0.3, -0.25) is 9.11 Å². The van der Waals surface area contributed by atoms with Crippen LogP contribution in [0.1, 0.15) is 0 Å². The second kappa shape index (κ2) is 9.56. The lowest BCUT2D eigenvalue weighted by Gasteiger charge is -2.44. The number of ether oxygens (including phenoxy) is 3. The predicted octanol–water partition coefficient (Wildman–Crippen LogP) is -4.92. The molecule has 0 aromatic carbocycles. The van der Waals surface area contributed by atoms with Gasteiger partial charge in [0.2, 0.25) is 12.0 Å². The number of aliphatic hydroxyl groups excluding tert-OH is 4. The molecule has 0 radical (unpaired) electrons. The van der Waals surface area contributed by atoms with Gasteiger partial charge in [-0.2, -0.15) is 21.6 Å². The number of aliphatic hydroxyl groups is 4. The highest BCUT2D eigenvalue weighted by Gasteiger charge is 2.50. The lowest BCUT2D eigenvalue weighted by Crippen LogP contribution is -2.66. The molecular formula is C12H19NO16S2. The third kappa shape index (κ3) is 6.74. The van der Waals surface area contributed by atoms with Gasteiger partial charge in [-0.1, -0.05) is 0 Å². The molecule has 180 valence electrons. The molecule has 0 spiro atoms. The van der Waals surface area contributed by atoms with Gasteiger partial charge in [0.15, 0.2) is 12.4 Å². The van der Waals surface area contributed by atoms with Gasteiger partial charge in [-0.25, -0.2) is 8.98 Å². The number of hydrogen-bond donors (Lipinski definition) is 8. The molecule has 0 saturated carbocycles. The van der Waals surface area contributed by atoms with Gasteiger partial charge in [0.05, 0.1) is 6.61 Å². The first-order valence-corrected chi connectivity index (χ1v) is 10.9. The quantitative estimate of drug-likeness (QED) is 0.146. The van der Waals surface area contributed by atoms with Crippen LogP contribution < -0.4 is 4.72 Å². The van der Waals surface area contributed by atoms with E-state index < -0.39 is 88.2 Å². The van der Waals surface area contributed by atoms with Gasteiger partial charge in [0.1, 0.15) is 30.5 Å². The van der Waals surface area contributed by atoms with Crippen molar-refractivity contribution in [2.75, 3.05) is 6.61 Å². The third-order valence-corrected chi connectivity index (χ3v) is 5.10. The minimum Gasteiger partial charge on any atom is -0.475 e. The molecular weight excluding hydrogens is 478 g/mol. The molecule has 17 nitrogen and oxygen atoms in total. The molecule has 8 N–H and O–H groups in total. The summed E-state index contributed by atoms with van der Waals surface area (Å²) in [6.45, 7) is -0.974. The Balaban J connectivity index is 2.36. The number of rotatable bonds is 8. The highest BCUT2D eigenvalue weighted by Crippen LogP contribution is 2.29. The fraction of sp³-hybridized carbons (Fsp3) is 0.750. The van der Waals surface area contributed by atoms with Gasteiger partial charge in [-0.05, 0) is 6.08 Å². The van der Waals surface area contributed by atoms with Gasteiger partial charge in [-0.15, -0.1) is 0 Å². The maximum Gasteiger partial charge on any atom is 0.397 e. The first-order valence-electron chi connectivity index (χ1n) is 8.11. The van der Waals surface area contributed by atoms with E-state index in [-0.39, 0.29) is 0 Å². The fourth-order valence-corrected chi connectivity index (χ4v) is 3.90. The monoisotopic (exact) mass is 497 g/mol. The highest BCUT2D eigenvalue weighted by atomic mass is 32.3. The van der Waals surface area contributed by atoms with Gasteiger partial charge in [0.25, 0.3) is 0 Å². The Hall–Kier alpha value is -1.49. The molecule has 0 amide bonds. The van der Waals surface area contributed by atoms with Crippen molar-refractivity contribution in [3.05, 3.63) is 11.8 Å². The van der Waals surface area contributed by atoms with Gasteiger partial charge in [0, 0.05) is 0 Å². The van der Waals surface area contributed by atoms with Crippen molar-refractivity contribution in [3.63, 3.8) is 0 Å². The van der Waals surface area contributed by atoms with Crippen molar-refractivity contribution < 1.29 is 74.7 Å². The first-order chi connectivity index (χ1) is 14.1. The molecule has 2 aliphatic heterocycles. The van der Waals surface area contributed by atoms with E-state index in [2.05, 4.69) is 4.18 Å². The van der Waals surface area contributed by atoms with E-state index in [1.165, 1.54) is 4.72 Å². The smallest absolute Gasteiger partial charge is 0.397 e. The van der Waals surface area contributed by atoms with Crippen molar-refractivity contribution in [1.29, 1.82) is 0 Å². The van der Waals surface area contributed by atoms with Crippen LogP contribution in [0.25, 0.3) is 0 Å². The van der Waals surface area contributed by atoms with Crippen LogP contribution in [-0.2, 0) is 43.9 Å². The minimum absolute atomic E-state index is 0.516. The van der Waals surface area contributed by atoms with E-state index in [9.17, 15) is 42.1 Å². The van der Waals surface area contributed by atoms with Crippen LogP contribution in [0.4, 0.5) is 0 Å². The SMILES string of the molecule is O=C(O)C1=C[C@H](O)[C@@H](OS(=O)(=O)O)[C@H](OC2[C@@H](CO)OC(O)[C@H](NS(=O)(=O)O)[C@H]2O)O1. The lowest BCUT2D eigenvalue weighted by atomic mass is 9.97. The predicted molar refractivity (Wildman–Crippen MR) is 90.3 cm³/mol. The summed E-state index contributed by atoms with van der Waals surface area (Å²) < 4.78 is 82.5. The fourth-order valence-electron chi connectivity index (χ4n) is 2.82. The van der Waals surface area contributed by atoms with Crippen LogP contribution in [0.2, 0.25) is 0 Å². The number of carboxylic acid groups (broad SMARTS) is 1. The largest absolute Gasteiger partial charge is 0.475 e. The molecule has 1 saturated heterocycles. The molecule has 0 aliphatic carbocycles. The zero-order valence-corrected chi connectivity index (χ0v) is 16.7. The molecule has 1 fully saturated rings. The highest BCUT2D eigenvalue weighted by molar-refractivity contribution is 7.83. The Kier molecular flexibility index (Phi) is 7.95. The second-order valence-electron chi connectivity index (χ2n) is 6.26. The number of hydrogen-bond acceptors (Lipinski definition) is 13. The summed E-state index contributed by atoms with van der Waals surface area (Å²) >= 11 is 0. The summed E-state index contributed by atoms with van der Waals surface area (Å²) in [5.74, 6) is -2.69. The summed E-state index contributed by atoms with van der Waals surface area (Å²) in [6, 6.07) is -1.98. The minimum atomic E-state index is -5.25. The van der Waals surface area contributed by atoms with Crippen LogP contribution in [-0.4, -0.2) is 113 Å². The molecule has 31 heavy (non-hydrogen) atoms. The zero-order chi connectivity index (χ0) is 23.7. The average molecular weight is 497 g/mol. The van der Waals surface area contributed by atoms with Crippen molar-refractivity contribution in [2.45, 2.75) is 49.1 Å². The third-order valence-electron chi connectivity index (χ3n) is 4.06. The number of carboxylic acids is 1. The Bertz CT molecular complexity index is 902. The summed E-state index contributed by atoms with van der Waals surface area (Å²) in [5.41, 5.74) is 0. The van der Waals surface area contributed by atoms with Crippen LogP contribution in [0, 0.1) is 0 Å². The van der Waals surface area contributed by atoms with E-state index in [0.29, 0.717) is 6.08 Å². The molecule has 2 unspecified atom stereocenters. The Morgan fingerprint density at radius 3 is 2.23 bits per heavy atom. The lowest BCUT2D eigenvalue weighted by molar-refractivity contribution is -0.303. The molecule has 0 bridgehead atoms. The topological polar surface area (TPSA) is 276 Å². The van der Waals surface area contributed by atoms with Crippen LogP contribution >= 0.6 is 0 Å². The maximum absolute atomic E-state index is 11.1. The summed E-state index contributed by atoms with van der Waals surface area (Å²) in [5, 5.41) is 48.6. The maximum atomic E-state index is 11.1. The van der Waals surface area contributed by atoms with Crippen molar-refractivity contribution in [3.8, 4) is 0 Å². The van der Waals surface area contributed by atoms with Crippen molar-refractivity contribution in [2.24, 2.45) is 0 Å². The second-order valence-corrected chi connectivity index (χ2v) is 8.49. The van der Waals surface area contributed by atoms with E-state index in [0.717, 1.165) is 0 Å². The number of nitrogens with one attached hydrogen (secondary N) is 1. The summed E-state index contributed by atoms with van der Waals surface area (Å²) in [7, 11) is -10.2. The Morgan fingerprint density at radius 1 is 1.13 bits per heavy atom. The van der Waals surface area contributed by atoms with Crippen LogP contribution in [0.5, 0.6) is 0 Å². The Morgan fingerprint density at radius 2 is 1.74 bits per heavy atom. The van der Waals surface area contributed by atoms with E-state index >= 15 is 0 Å². The summed E-state index contributed by atoms with van der Waals surface area (Å²) in [6.07, 6.45) is -13.6. The summed E-state index contributed by atoms with van der Waals surface area (Å²) in [4.78, 5) is 11.1. The molecule has 2 aliphatic rings. The van der Waals surface area contributed by atoms with Crippen molar-refractivity contribution in [1.82, 2.24) is 4.72 Å². The van der Waals surface area contributed by atoms with Crippen LogP contribution in [0.3, 0.4) is 0 Å². The molecule has 0 aromatic rings. The van der Waals surface area contributed by atoms with Crippen molar-refractivity contribution >= 4 is 26.7 Å².